The van der Waals surface area contributed by atoms with Crippen molar-refractivity contribution in [2.75, 3.05) is 6.61 Å². The van der Waals surface area contributed by atoms with Gasteiger partial charge in [-0.1, -0.05) is 12.1 Å². The third-order valence-electron chi connectivity index (χ3n) is 4.61. The maximum absolute atomic E-state index is 12.8. The molecule has 4 rings (SSSR count). The molecule has 1 heterocycles. The molecule has 3 aromatic carbocycles. The van der Waals surface area contributed by atoms with Gasteiger partial charge in [0.1, 0.15) is 23.3 Å². The minimum absolute atomic E-state index is 0.0238. The van der Waals surface area contributed by atoms with E-state index in [1.54, 1.807) is 55.5 Å². The van der Waals surface area contributed by atoms with Crippen LogP contribution in [-0.2, 0) is 4.74 Å². The average molecular weight is 509 g/mol. The molecule has 1 aromatic heterocycles. The molecule has 0 bridgehead atoms. The standard InChI is InChI=1S/C25H17BrO7/c1-2-30-24(28)15-7-9-16(10-8-15)32-22-14-31-21-13-17(11-12-19(21)23(22)27)33-25(29)18-5-3-4-6-20(18)26/h3-14H,2H2,1H3. The first-order valence-corrected chi connectivity index (χ1v) is 10.7. The molecule has 0 fully saturated rings. The van der Waals surface area contributed by atoms with E-state index in [4.69, 9.17) is 18.6 Å². The van der Waals surface area contributed by atoms with Gasteiger partial charge in [0.25, 0.3) is 0 Å². The van der Waals surface area contributed by atoms with Gasteiger partial charge in [0, 0.05) is 10.5 Å². The van der Waals surface area contributed by atoms with Crippen molar-refractivity contribution in [2.24, 2.45) is 0 Å². The maximum atomic E-state index is 12.8. The number of rotatable bonds is 6. The minimum Gasteiger partial charge on any atom is -0.462 e. The molecule has 0 saturated carbocycles. The van der Waals surface area contributed by atoms with Gasteiger partial charge in [0.15, 0.2) is 0 Å². The fraction of sp³-hybridized carbons (Fsp3) is 0.0800. The summed E-state index contributed by atoms with van der Waals surface area (Å²) >= 11 is 3.32. The first-order chi connectivity index (χ1) is 16.0. The molecular formula is C25H17BrO7. The predicted molar refractivity (Wildman–Crippen MR) is 124 cm³/mol. The van der Waals surface area contributed by atoms with Gasteiger partial charge < -0.3 is 18.6 Å². The summed E-state index contributed by atoms with van der Waals surface area (Å²) < 4.78 is 22.1. The Morgan fingerprint density at radius 3 is 2.39 bits per heavy atom. The molecular weight excluding hydrogens is 492 g/mol. The van der Waals surface area contributed by atoms with Crippen LogP contribution < -0.4 is 14.9 Å². The summed E-state index contributed by atoms with van der Waals surface area (Å²) in [5.74, 6) is -0.423. The van der Waals surface area contributed by atoms with Gasteiger partial charge >= 0.3 is 11.9 Å². The highest BCUT2D eigenvalue weighted by atomic mass is 79.9. The molecule has 0 atom stereocenters. The maximum Gasteiger partial charge on any atom is 0.344 e. The van der Waals surface area contributed by atoms with Crippen LogP contribution in [0.5, 0.6) is 17.2 Å². The van der Waals surface area contributed by atoms with Crippen molar-refractivity contribution < 1.29 is 28.2 Å². The van der Waals surface area contributed by atoms with Gasteiger partial charge in [-0.25, -0.2) is 9.59 Å². The van der Waals surface area contributed by atoms with Crippen LogP contribution in [0.2, 0.25) is 0 Å². The van der Waals surface area contributed by atoms with Gasteiger partial charge in [-0.2, -0.15) is 0 Å². The molecule has 0 radical (unpaired) electrons. The van der Waals surface area contributed by atoms with Crippen molar-refractivity contribution in [3.8, 4) is 17.2 Å². The summed E-state index contributed by atoms with van der Waals surface area (Å²) in [5.41, 5.74) is 0.591. The predicted octanol–water partition coefficient (Wildman–Crippen LogP) is 5.74. The molecule has 0 aliphatic heterocycles. The molecule has 0 unspecified atom stereocenters. The molecule has 7 nitrogen and oxygen atoms in total. The summed E-state index contributed by atoms with van der Waals surface area (Å²) in [6.45, 7) is 2.00. The Kier molecular flexibility index (Phi) is 6.55. The second-order valence-corrected chi connectivity index (χ2v) is 7.66. The number of ether oxygens (including phenoxy) is 3. The first-order valence-electron chi connectivity index (χ1n) is 9.93. The van der Waals surface area contributed by atoms with Crippen LogP contribution in [0.3, 0.4) is 0 Å². The second-order valence-electron chi connectivity index (χ2n) is 6.80. The number of carbonyl (C=O) groups excluding carboxylic acids is 2. The summed E-state index contributed by atoms with van der Waals surface area (Å²) in [6.07, 6.45) is 1.18. The van der Waals surface area contributed by atoms with E-state index < -0.39 is 17.4 Å². The van der Waals surface area contributed by atoms with Crippen LogP contribution in [0.25, 0.3) is 11.0 Å². The lowest BCUT2D eigenvalue weighted by Gasteiger charge is -2.08. The van der Waals surface area contributed by atoms with Gasteiger partial charge in [0.05, 0.1) is 23.1 Å². The van der Waals surface area contributed by atoms with Crippen molar-refractivity contribution in [3.63, 3.8) is 0 Å². The fourth-order valence-corrected chi connectivity index (χ4v) is 3.46. The number of benzene rings is 3. The van der Waals surface area contributed by atoms with Crippen LogP contribution in [0.4, 0.5) is 0 Å². The summed E-state index contributed by atoms with van der Waals surface area (Å²) in [7, 11) is 0. The Morgan fingerprint density at radius 1 is 0.939 bits per heavy atom. The van der Waals surface area contributed by atoms with Crippen LogP contribution in [0.15, 0.2) is 86.7 Å². The van der Waals surface area contributed by atoms with E-state index >= 15 is 0 Å². The van der Waals surface area contributed by atoms with E-state index in [9.17, 15) is 14.4 Å². The summed E-state index contributed by atoms with van der Waals surface area (Å²) in [5, 5.41) is 0.260. The minimum atomic E-state index is -0.546. The largest absolute Gasteiger partial charge is 0.462 e. The first kappa shape index (κ1) is 22.3. The van der Waals surface area contributed by atoms with Crippen molar-refractivity contribution in [1.82, 2.24) is 0 Å². The average Bonchev–Trinajstić information content (AvgIpc) is 2.82. The van der Waals surface area contributed by atoms with Crippen LogP contribution >= 0.6 is 15.9 Å². The van der Waals surface area contributed by atoms with E-state index in [-0.39, 0.29) is 29.1 Å². The fourth-order valence-electron chi connectivity index (χ4n) is 3.01. The molecule has 0 amide bonds. The van der Waals surface area contributed by atoms with Crippen molar-refractivity contribution >= 4 is 38.8 Å². The normalized spacial score (nSPS) is 10.6. The van der Waals surface area contributed by atoms with Gasteiger partial charge in [-0.3, -0.25) is 4.79 Å². The molecule has 0 N–H and O–H groups in total. The second kappa shape index (κ2) is 9.70. The molecule has 4 aromatic rings. The highest BCUT2D eigenvalue weighted by Crippen LogP contribution is 2.25. The molecule has 0 spiro atoms. The molecule has 8 heteroatoms. The third kappa shape index (κ3) is 4.96. The van der Waals surface area contributed by atoms with E-state index in [0.29, 0.717) is 21.3 Å². The zero-order chi connectivity index (χ0) is 23.4. The number of carbonyl (C=O) groups is 2. The Balaban J connectivity index is 1.53. The monoisotopic (exact) mass is 508 g/mol. The number of esters is 2. The highest BCUT2D eigenvalue weighted by Gasteiger charge is 2.15. The van der Waals surface area contributed by atoms with Crippen molar-refractivity contribution in [3.05, 3.63) is 98.8 Å². The van der Waals surface area contributed by atoms with E-state index in [1.807, 2.05) is 0 Å². The van der Waals surface area contributed by atoms with Crippen LogP contribution in [0, 0.1) is 0 Å². The van der Waals surface area contributed by atoms with E-state index in [1.165, 1.54) is 24.5 Å². The van der Waals surface area contributed by atoms with Crippen LogP contribution in [0.1, 0.15) is 27.6 Å². The third-order valence-corrected chi connectivity index (χ3v) is 5.30. The zero-order valence-electron chi connectivity index (χ0n) is 17.4. The molecule has 0 saturated heterocycles. The topological polar surface area (TPSA) is 92.0 Å². The summed E-state index contributed by atoms with van der Waals surface area (Å²) in [4.78, 5) is 37.0. The van der Waals surface area contributed by atoms with Gasteiger partial charge in [-0.05, 0) is 71.4 Å². The Bertz CT molecular complexity index is 1390. The Hall–Kier alpha value is -3.91. The number of halogens is 1. The zero-order valence-corrected chi connectivity index (χ0v) is 19.0. The lowest BCUT2D eigenvalue weighted by atomic mass is 10.2. The van der Waals surface area contributed by atoms with E-state index in [0.717, 1.165) is 0 Å². The van der Waals surface area contributed by atoms with Gasteiger partial charge in [-0.15, -0.1) is 0 Å². The van der Waals surface area contributed by atoms with E-state index in [2.05, 4.69) is 15.9 Å². The molecule has 0 aliphatic carbocycles. The lowest BCUT2D eigenvalue weighted by Crippen LogP contribution is -2.10. The molecule has 166 valence electrons. The smallest absolute Gasteiger partial charge is 0.344 e. The van der Waals surface area contributed by atoms with Gasteiger partial charge in [0.2, 0.25) is 11.2 Å². The lowest BCUT2D eigenvalue weighted by molar-refractivity contribution is 0.0526. The molecule has 0 aliphatic rings. The van der Waals surface area contributed by atoms with Crippen molar-refractivity contribution in [1.29, 1.82) is 0 Å². The summed E-state index contributed by atoms with van der Waals surface area (Å²) in [6, 6.07) is 17.6. The van der Waals surface area contributed by atoms with Crippen LogP contribution in [-0.4, -0.2) is 18.5 Å². The SMILES string of the molecule is CCOC(=O)c1ccc(Oc2coc3cc(OC(=O)c4ccccc4Br)ccc3c2=O)cc1. The quantitative estimate of drug-likeness (QED) is 0.242. The van der Waals surface area contributed by atoms with Crippen molar-refractivity contribution in [2.45, 2.75) is 6.92 Å². The number of fused-ring (bicyclic) bond motifs is 1. The number of hydrogen-bond acceptors (Lipinski definition) is 7. The Labute approximate surface area is 196 Å². The highest BCUT2D eigenvalue weighted by molar-refractivity contribution is 9.10. The number of hydrogen-bond donors (Lipinski definition) is 0. The molecule has 33 heavy (non-hydrogen) atoms. The Morgan fingerprint density at radius 2 is 1.67 bits per heavy atom.